The van der Waals surface area contributed by atoms with Crippen molar-refractivity contribution in [2.45, 2.75) is 34.6 Å². The number of aromatic hydroxyl groups is 1. The molecule has 0 aliphatic carbocycles. The van der Waals surface area contributed by atoms with Crippen LogP contribution in [0.5, 0.6) is 11.5 Å². The molecule has 3 aromatic rings. The molecule has 0 atom stereocenters. The molecule has 3 rings (SSSR count). The Morgan fingerprint density at radius 2 is 1.86 bits per heavy atom. The zero-order valence-electron chi connectivity index (χ0n) is 17.3. The highest BCUT2D eigenvalue weighted by molar-refractivity contribution is 7.22. The second-order valence-corrected chi connectivity index (χ2v) is 6.74. The molecule has 6 heteroatoms. The van der Waals surface area contributed by atoms with Crippen molar-refractivity contribution in [2.75, 3.05) is 24.6 Å². The summed E-state index contributed by atoms with van der Waals surface area (Å²) in [6, 6.07) is 11.5. The van der Waals surface area contributed by atoms with Crippen molar-refractivity contribution in [2.24, 2.45) is 4.99 Å². The molecule has 0 saturated heterocycles. The van der Waals surface area contributed by atoms with E-state index in [1.807, 2.05) is 51.1 Å². The number of hydrogen-bond acceptors (Lipinski definition) is 6. The van der Waals surface area contributed by atoms with E-state index in [-0.39, 0.29) is 5.75 Å². The first-order valence-electron chi connectivity index (χ1n) is 9.80. The highest BCUT2D eigenvalue weighted by Gasteiger charge is 2.07. The van der Waals surface area contributed by atoms with Crippen molar-refractivity contribution in [3.05, 3.63) is 42.0 Å². The number of aliphatic imine (C=N–C) groups is 1. The molecule has 0 unspecified atom stereocenters. The number of anilines is 1. The van der Waals surface area contributed by atoms with Gasteiger partial charge in [-0.2, -0.15) is 0 Å². The number of benzene rings is 2. The van der Waals surface area contributed by atoms with Crippen molar-refractivity contribution in [3.8, 4) is 11.5 Å². The molecule has 0 aliphatic heterocycles. The maximum atomic E-state index is 10.3. The monoisotopic (exact) mass is 399 g/mol. The summed E-state index contributed by atoms with van der Waals surface area (Å²) in [5, 5.41) is 10.9. The van der Waals surface area contributed by atoms with Gasteiger partial charge in [0.25, 0.3) is 0 Å². The second kappa shape index (κ2) is 10.7. The normalized spacial score (nSPS) is 10.8. The number of phenols is 1. The Bertz CT molecular complexity index is 917. The Labute approximate surface area is 171 Å². The molecule has 0 spiro atoms. The lowest BCUT2D eigenvalue weighted by atomic mass is 10.2. The predicted octanol–water partition coefficient (Wildman–Crippen LogP) is 6.02. The molecule has 0 aliphatic rings. The number of phenolic OH excluding ortho intramolecular Hbond substituents is 1. The van der Waals surface area contributed by atoms with Gasteiger partial charge in [-0.1, -0.05) is 25.2 Å². The minimum absolute atomic E-state index is 0.220. The number of fused-ring (bicyclic) bond motifs is 1. The number of ether oxygens (including phenoxy) is 1. The summed E-state index contributed by atoms with van der Waals surface area (Å²) in [4.78, 5) is 11.1. The average molecular weight is 400 g/mol. The van der Waals surface area contributed by atoms with Crippen molar-refractivity contribution in [1.82, 2.24) is 4.98 Å². The summed E-state index contributed by atoms with van der Waals surface area (Å²) in [7, 11) is 0. The fourth-order valence-corrected chi connectivity index (χ4v) is 3.60. The van der Waals surface area contributed by atoms with E-state index in [2.05, 4.69) is 28.7 Å². The van der Waals surface area contributed by atoms with Crippen molar-refractivity contribution >= 4 is 38.6 Å². The lowest BCUT2D eigenvalue weighted by Crippen LogP contribution is -2.21. The predicted molar refractivity (Wildman–Crippen MR) is 121 cm³/mol. The lowest BCUT2D eigenvalue weighted by Gasteiger charge is -2.21. The fourth-order valence-electron chi connectivity index (χ4n) is 2.76. The summed E-state index contributed by atoms with van der Waals surface area (Å²) in [5.41, 5.74) is 2.58. The third-order valence-electron chi connectivity index (χ3n) is 4.12. The molecule has 0 fully saturated rings. The van der Waals surface area contributed by atoms with Crippen LogP contribution in [0.2, 0.25) is 0 Å². The van der Waals surface area contributed by atoms with Crippen LogP contribution < -0.4 is 9.64 Å². The topological polar surface area (TPSA) is 58.0 Å². The summed E-state index contributed by atoms with van der Waals surface area (Å²) < 4.78 is 6.55. The van der Waals surface area contributed by atoms with Crippen LogP contribution in [0.4, 0.5) is 10.8 Å². The minimum atomic E-state index is 0.220. The molecule has 0 saturated carbocycles. The summed E-state index contributed by atoms with van der Waals surface area (Å²) in [5.74, 6) is 1.06. The summed E-state index contributed by atoms with van der Waals surface area (Å²) >= 11 is 1.50. The van der Waals surface area contributed by atoms with Crippen LogP contribution in [0, 0.1) is 0 Å². The molecule has 28 heavy (non-hydrogen) atoms. The average Bonchev–Trinajstić information content (AvgIpc) is 3.12. The molecule has 5 nitrogen and oxygen atoms in total. The van der Waals surface area contributed by atoms with Crippen LogP contribution in [-0.2, 0) is 0 Å². The maximum Gasteiger partial charge on any atom is 0.210 e. The standard InChI is InChI=1S/C20H23N3O2S.C2H6/c1-4-23(5-2)15-8-7-14(18(24)11-15)13-21-20-22-17-10-9-16(25-6-3)12-19(17)26-20;1-2/h7-13,24H,4-6H2,1-3H3;1-2H3/b21-13+;. The first-order chi connectivity index (χ1) is 13.6. The van der Waals surface area contributed by atoms with Gasteiger partial charge in [0.15, 0.2) is 0 Å². The molecular formula is C22H29N3O2S. The first-order valence-corrected chi connectivity index (χ1v) is 10.6. The zero-order valence-corrected chi connectivity index (χ0v) is 18.1. The number of thiazole rings is 1. The van der Waals surface area contributed by atoms with E-state index < -0.39 is 0 Å². The zero-order chi connectivity index (χ0) is 20.5. The van der Waals surface area contributed by atoms with E-state index >= 15 is 0 Å². The van der Waals surface area contributed by atoms with E-state index in [0.29, 0.717) is 17.3 Å². The highest BCUT2D eigenvalue weighted by Crippen LogP contribution is 2.31. The van der Waals surface area contributed by atoms with E-state index in [1.54, 1.807) is 12.3 Å². The van der Waals surface area contributed by atoms with Crippen LogP contribution in [-0.4, -0.2) is 36.0 Å². The van der Waals surface area contributed by atoms with E-state index in [1.165, 1.54) is 11.3 Å². The summed E-state index contributed by atoms with van der Waals surface area (Å²) in [6.07, 6.45) is 1.66. The largest absolute Gasteiger partial charge is 0.507 e. The van der Waals surface area contributed by atoms with E-state index in [4.69, 9.17) is 4.74 Å². The number of nitrogens with zero attached hydrogens (tertiary/aromatic N) is 3. The minimum Gasteiger partial charge on any atom is -0.507 e. The van der Waals surface area contributed by atoms with Crippen LogP contribution in [0.3, 0.4) is 0 Å². The van der Waals surface area contributed by atoms with Gasteiger partial charge in [0, 0.05) is 36.6 Å². The van der Waals surface area contributed by atoms with Gasteiger partial charge in [-0.25, -0.2) is 9.98 Å². The van der Waals surface area contributed by atoms with Crippen molar-refractivity contribution in [1.29, 1.82) is 0 Å². The van der Waals surface area contributed by atoms with Crippen LogP contribution >= 0.6 is 11.3 Å². The van der Waals surface area contributed by atoms with Gasteiger partial charge in [0.2, 0.25) is 5.13 Å². The van der Waals surface area contributed by atoms with E-state index in [0.717, 1.165) is 34.7 Å². The Morgan fingerprint density at radius 1 is 1.11 bits per heavy atom. The highest BCUT2D eigenvalue weighted by atomic mass is 32.1. The Balaban J connectivity index is 0.00000136. The molecule has 1 heterocycles. The molecule has 1 aromatic heterocycles. The van der Waals surface area contributed by atoms with Gasteiger partial charge in [0.05, 0.1) is 16.8 Å². The number of rotatable bonds is 7. The fraction of sp³-hybridized carbons (Fsp3) is 0.364. The first kappa shape index (κ1) is 21.7. The van der Waals surface area contributed by atoms with Gasteiger partial charge >= 0.3 is 0 Å². The molecule has 0 radical (unpaired) electrons. The molecule has 2 aromatic carbocycles. The van der Waals surface area contributed by atoms with Crippen molar-refractivity contribution in [3.63, 3.8) is 0 Å². The molecular weight excluding hydrogens is 370 g/mol. The van der Waals surface area contributed by atoms with Crippen LogP contribution in [0.15, 0.2) is 41.4 Å². The van der Waals surface area contributed by atoms with E-state index in [9.17, 15) is 5.11 Å². The van der Waals surface area contributed by atoms with Gasteiger partial charge < -0.3 is 14.7 Å². The molecule has 150 valence electrons. The third kappa shape index (κ3) is 5.23. The van der Waals surface area contributed by atoms with Crippen LogP contribution in [0.1, 0.15) is 40.2 Å². The Kier molecular flexibility index (Phi) is 8.26. The third-order valence-corrected chi connectivity index (χ3v) is 5.04. The number of aromatic nitrogens is 1. The van der Waals surface area contributed by atoms with Crippen LogP contribution in [0.25, 0.3) is 10.2 Å². The molecule has 0 bridgehead atoms. The SMILES string of the molecule is CC.CCOc1ccc2nc(/N=C/c3ccc(N(CC)CC)cc3O)sc2c1. The van der Waals surface area contributed by atoms with Gasteiger partial charge in [-0.3, -0.25) is 0 Å². The Morgan fingerprint density at radius 3 is 2.50 bits per heavy atom. The molecule has 1 N–H and O–H groups in total. The smallest absolute Gasteiger partial charge is 0.210 e. The number of hydrogen-bond donors (Lipinski definition) is 1. The lowest BCUT2D eigenvalue weighted by molar-refractivity contribution is 0.341. The quantitative estimate of drug-likeness (QED) is 0.493. The second-order valence-electron chi connectivity index (χ2n) is 5.73. The Hall–Kier alpha value is -2.60. The van der Waals surface area contributed by atoms with Gasteiger partial charge in [-0.05, 0) is 51.1 Å². The van der Waals surface area contributed by atoms with Gasteiger partial charge in [-0.15, -0.1) is 0 Å². The summed E-state index contributed by atoms with van der Waals surface area (Å²) in [6.45, 7) is 12.6. The van der Waals surface area contributed by atoms with Crippen molar-refractivity contribution < 1.29 is 9.84 Å². The van der Waals surface area contributed by atoms with Gasteiger partial charge in [0.1, 0.15) is 11.5 Å². The maximum absolute atomic E-state index is 10.3. The molecule has 0 amide bonds.